The first-order valence-electron chi connectivity index (χ1n) is 9.41. The molecule has 2 atom stereocenters. The fraction of sp³-hybridized carbons (Fsp3) is 0.318. The molecule has 0 saturated carbocycles. The van der Waals surface area contributed by atoms with Crippen molar-refractivity contribution in [1.82, 2.24) is 5.32 Å². The van der Waals surface area contributed by atoms with E-state index >= 15 is 0 Å². The number of carbonyl (C=O) groups is 3. The average Bonchev–Trinajstić information content (AvgIpc) is 2.99. The van der Waals surface area contributed by atoms with Crippen molar-refractivity contribution in [3.63, 3.8) is 0 Å². The number of nitrogens with zero attached hydrogens (tertiary/aromatic N) is 1. The van der Waals surface area contributed by atoms with Gasteiger partial charge in [-0.1, -0.05) is 48.5 Å². The van der Waals surface area contributed by atoms with Crippen molar-refractivity contribution in [2.75, 3.05) is 10.7 Å². The van der Waals surface area contributed by atoms with Gasteiger partial charge < -0.3 is 5.32 Å². The third-order valence-corrected chi connectivity index (χ3v) is 5.85. The summed E-state index contributed by atoms with van der Waals surface area (Å²) in [7, 11) is 0. The van der Waals surface area contributed by atoms with E-state index in [-0.39, 0.29) is 35.9 Å². The van der Waals surface area contributed by atoms with Crippen LogP contribution in [0.25, 0.3) is 0 Å². The number of anilines is 1. The Balaban J connectivity index is 1.44. The molecule has 2 aromatic carbocycles. The molecule has 0 radical (unpaired) electrons. The number of amides is 3. The lowest BCUT2D eigenvalue weighted by atomic mass is 10.1. The van der Waals surface area contributed by atoms with Gasteiger partial charge in [-0.3, -0.25) is 14.4 Å². The van der Waals surface area contributed by atoms with Gasteiger partial charge in [0.2, 0.25) is 17.7 Å². The van der Waals surface area contributed by atoms with E-state index in [1.54, 1.807) is 24.3 Å². The Labute approximate surface area is 169 Å². The van der Waals surface area contributed by atoms with Crippen LogP contribution >= 0.6 is 11.8 Å². The van der Waals surface area contributed by atoms with Gasteiger partial charge in [-0.05, 0) is 37.5 Å². The van der Waals surface area contributed by atoms with Crippen LogP contribution < -0.4 is 10.2 Å². The highest BCUT2D eigenvalue weighted by Crippen LogP contribution is 2.29. The maximum absolute atomic E-state index is 12.6. The van der Waals surface area contributed by atoms with Crippen molar-refractivity contribution in [2.24, 2.45) is 0 Å². The first-order chi connectivity index (χ1) is 13.5. The lowest BCUT2D eigenvalue weighted by Gasteiger charge is -2.16. The number of rotatable bonds is 8. The monoisotopic (exact) mass is 396 g/mol. The van der Waals surface area contributed by atoms with Crippen molar-refractivity contribution in [3.8, 4) is 0 Å². The number of nitrogens with one attached hydrogen (secondary N) is 1. The number of hydrogen-bond donors (Lipinski definition) is 1. The summed E-state index contributed by atoms with van der Waals surface area (Å²) in [4.78, 5) is 38.2. The second-order valence-corrected chi connectivity index (χ2v) is 8.09. The molecule has 3 rings (SSSR count). The van der Waals surface area contributed by atoms with Crippen LogP contribution in [-0.2, 0) is 20.8 Å². The molecule has 2 aromatic rings. The molecule has 0 bridgehead atoms. The standard InChI is InChI=1S/C22H24N2O3S/c1-16(12-13-17-8-4-2-5-9-17)23-20(25)15-28-19-14-21(26)24(22(19)27)18-10-6-3-7-11-18/h2-11,16,19H,12-15H2,1H3,(H,23,25)/t16-,19-/m1/s1. The van der Waals surface area contributed by atoms with Gasteiger partial charge >= 0.3 is 0 Å². The van der Waals surface area contributed by atoms with Crippen LogP contribution in [0.15, 0.2) is 60.7 Å². The van der Waals surface area contributed by atoms with Crippen molar-refractivity contribution in [2.45, 2.75) is 37.5 Å². The molecule has 1 aliphatic rings. The van der Waals surface area contributed by atoms with Crippen LogP contribution in [0.4, 0.5) is 5.69 Å². The highest BCUT2D eigenvalue weighted by molar-refractivity contribution is 8.01. The maximum atomic E-state index is 12.6. The average molecular weight is 397 g/mol. The third-order valence-electron chi connectivity index (χ3n) is 4.65. The zero-order valence-electron chi connectivity index (χ0n) is 15.8. The third kappa shape index (κ3) is 5.23. The van der Waals surface area contributed by atoms with Gasteiger partial charge in [0.05, 0.1) is 16.7 Å². The molecular weight excluding hydrogens is 372 g/mol. The fourth-order valence-electron chi connectivity index (χ4n) is 3.18. The van der Waals surface area contributed by atoms with Crippen LogP contribution in [0.3, 0.4) is 0 Å². The first kappa shape index (κ1) is 20.1. The zero-order chi connectivity index (χ0) is 19.9. The Bertz CT molecular complexity index is 826. The predicted molar refractivity (Wildman–Crippen MR) is 112 cm³/mol. The van der Waals surface area contributed by atoms with Crippen LogP contribution in [0, 0.1) is 0 Å². The van der Waals surface area contributed by atoms with Crippen LogP contribution in [0.1, 0.15) is 25.3 Å². The van der Waals surface area contributed by atoms with Gasteiger partial charge in [-0.25, -0.2) is 4.90 Å². The number of hydrogen-bond acceptors (Lipinski definition) is 4. The Morgan fingerprint density at radius 3 is 2.43 bits per heavy atom. The molecule has 1 aliphatic heterocycles. The number of carbonyl (C=O) groups excluding carboxylic acids is 3. The van der Waals surface area contributed by atoms with Gasteiger partial charge in [0.15, 0.2) is 0 Å². The van der Waals surface area contributed by atoms with Gasteiger partial charge in [0, 0.05) is 12.5 Å². The number of aryl methyl sites for hydroxylation is 1. The second kappa shape index (κ2) is 9.55. The Hall–Kier alpha value is -2.60. The van der Waals surface area contributed by atoms with Gasteiger partial charge in [0.1, 0.15) is 0 Å². The number of imide groups is 1. The molecule has 1 N–H and O–H groups in total. The number of thioether (sulfide) groups is 1. The van der Waals surface area contributed by atoms with Crippen LogP contribution in [0.5, 0.6) is 0 Å². The molecule has 0 unspecified atom stereocenters. The summed E-state index contributed by atoms with van der Waals surface area (Å²) in [5, 5.41) is 2.47. The van der Waals surface area contributed by atoms with Crippen LogP contribution in [-0.4, -0.2) is 34.8 Å². The van der Waals surface area contributed by atoms with Gasteiger partial charge in [-0.15, -0.1) is 11.8 Å². The summed E-state index contributed by atoms with van der Waals surface area (Å²) in [6, 6.07) is 19.1. The lowest BCUT2D eigenvalue weighted by molar-refractivity contribution is -0.121. The minimum absolute atomic E-state index is 0.0510. The Morgan fingerprint density at radius 1 is 1.11 bits per heavy atom. The highest BCUT2D eigenvalue weighted by atomic mass is 32.2. The molecule has 0 spiro atoms. The molecule has 0 aliphatic carbocycles. The van der Waals surface area contributed by atoms with Crippen molar-refractivity contribution < 1.29 is 14.4 Å². The van der Waals surface area contributed by atoms with Gasteiger partial charge in [0.25, 0.3) is 0 Å². The summed E-state index contributed by atoms with van der Waals surface area (Å²) < 4.78 is 0. The molecule has 3 amide bonds. The molecule has 0 aromatic heterocycles. The predicted octanol–water partition coefficient (Wildman–Crippen LogP) is 3.19. The van der Waals surface area contributed by atoms with Crippen molar-refractivity contribution in [3.05, 3.63) is 66.2 Å². The van der Waals surface area contributed by atoms with E-state index in [1.807, 2.05) is 31.2 Å². The van der Waals surface area contributed by atoms with E-state index < -0.39 is 5.25 Å². The molecule has 1 saturated heterocycles. The van der Waals surface area contributed by atoms with E-state index in [9.17, 15) is 14.4 Å². The molecule has 1 fully saturated rings. The number of para-hydroxylation sites is 1. The highest BCUT2D eigenvalue weighted by Gasteiger charge is 2.39. The molecule has 28 heavy (non-hydrogen) atoms. The minimum atomic E-state index is -0.502. The van der Waals surface area contributed by atoms with E-state index in [0.29, 0.717) is 5.69 Å². The minimum Gasteiger partial charge on any atom is -0.353 e. The molecule has 6 heteroatoms. The smallest absolute Gasteiger partial charge is 0.247 e. The fourth-order valence-corrected chi connectivity index (χ4v) is 4.12. The lowest BCUT2D eigenvalue weighted by Crippen LogP contribution is -2.35. The summed E-state index contributed by atoms with van der Waals surface area (Å²) in [5.41, 5.74) is 1.83. The summed E-state index contributed by atoms with van der Waals surface area (Å²) >= 11 is 1.23. The molecule has 1 heterocycles. The Morgan fingerprint density at radius 2 is 1.75 bits per heavy atom. The quantitative estimate of drug-likeness (QED) is 0.696. The topological polar surface area (TPSA) is 66.5 Å². The maximum Gasteiger partial charge on any atom is 0.247 e. The molecule has 146 valence electrons. The van der Waals surface area contributed by atoms with E-state index in [2.05, 4.69) is 17.4 Å². The number of benzene rings is 2. The SMILES string of the molecule is C[C@H](CCc1ccccc1)NC(=O)CS[C@@H]1CC(=O)N(c2ccccc2)C1=O. The van der Waals surface area contributed by atoms with E-state index in [4.69, 9.17) is 0 Å². The van der Waals surface area contributed by atoms with E-state index in [1.165, 1.54) is 22.2 Å². The van der Waals surface area contributed by atoms with E-state index in [0.717, 1.165) is 12.8 Å². The zero-order valence-corrected chi connectivity index (χ0v) is 16.7. The normalized spacial score (nSPS) is 17.6. The summed E-state index contributed by atoms with van der Waals surface area (Å²) in [6.07, 6.45) is 1.88. The molecular formula is C22H24N2O3S. The van der Waals surface area contributed by atoms with Crippen molar-refractivity contribution in [1.29, 1.82) is 0 Å². The van der Waals surface area contributed by atoms with Gasteiger partial charge in [-0.2, -0.15) is 0 Å². The second-order valence-electron chi connectivity index (χ2n) is 6.90. The first-order valence-corrected chi connectivity index (χ1v) is 10.5. The summed E-state index contributed by atoms with van der Waals surface area (Å²) in [6.45, 7) is 1.98. The Kier molecular flexibility index (Phi) is 6.87. The van der Waals surface area contributed by atoms with Crippen molar-refractivity contribution >= 4 is 35.2 Å². The largest absolute Gasteiger partial charge is 0.353 e. The van der Waals surface area contributed by atoms with Crippen LogP contribution in [0.2, 0.25) is 0 Å². The molecule has 5 nitrogen and oxygen atoms in total. The summed E-state index contributed by atoms with van der Waals surface area (Å²) in [5.74, 6) is -0.400.